The number of aromatic nitrogens is 2. The molecule has 0 saturated heterocycles. The number of carbonyl (C=O) groups excluding carboxylic acids is 3. The summed E-state index contributed by atoms with van der Waals surface area (Å²) < 4.78 is 7.01. The molecule has 0 spiro atoms. The zero-order valence-electron chi connectivity index (χ0n) is 18.2. The van der Waals surface area contributed by atoms with Crippen LogP contribution in [0.2, 0.25) is 0 Å². The first-order valence-corrected chi connectivity index (χ1v) is 11.7. The number of thioether (sulfide) groups is 1. The highest BCUT2D eigenvalue weighted by molar-refractivity contribution is 7.99. The highest BCUT2D eigenvalue weighted by atomic mass is 32.2. The number of nitrogens with two attached hydrogens (primary N) is 1. The highest BCUT2D eigenvalue weighted by Gasteiger charge is 2.25. The number of nitrogens with zero attached hydrogens (tertiary/aromatic N) is 2. The van der Waals surface area contributed by atoms with Gasteiger partial charge in [0.1, 0.15) is 5.00 Å². The van der Waals surface area contributed by atoms with Gasteiger partial charge >= 0.3 is 5.97 Å². The molecule has 3 N–H and O–H groups in total. The van der Waals surface area contributed by atoms with Gasteiger partial charge in [-0.25, -0.2) is 9.78 Å². The van der Waals surface area contributed by atoms with Gasteiger partial charge in [0.25, 0.3) is 5.91 Å². The van der Waals surface area contributed by atoms with Crippen molar-refractivity contribution >= 4 is 45.9 Å². The number of esters is 1. The number of benzene rings is 1. The predicted octanol–water partition coefficient (Wildman–Crippen LogP) is 3.87. The fourth-order valence-corrected chi connectivity index (χ4v) is 4.98. The number of aryl methyl sites for hydroxylation is 1. The van der Waals surface area contributed by atoms with Gasteiger partial charge in [-0.1, -0.05) is 23.9 Å². The molecule has 0 fully saturated rings. The van der Waals surface area contributed by atoms with E-state index < -0.39 is 11.9 Å². The van der Waals surface area contributed by atoms with E-state index in [1.54, 1.807) is 20.0 Å². The smallest absolute Gasteiger partial charge is 0.341 e. The van der Waals surface area contributed by atoms with Crippen LogP contribution in [0.25, 0.3) is 5.69 Å². The fourth-order valence-electron chi connectivity index (χ4n) is 3.15. The number of rotatable bonds is 8. The van der Waals surface area contributed by atoms with E-state index in [9.17, 15) is 14.4 Å². The minimum atomic E-state index is -0.663. The maximum Gasteiger partial charge on any atom is 0.341 e. The molecule has 32 heavy (non-hydrogen) atoms. The van der Waals surface area contributed by atoms with Crippen LogP contribution in [0.4, 0.5) is 5.00 Å². The standard InChI is InChI=1S/C22H24N4O4S2/c1-5-30-21(29)17-14(4)18(19(23)28)32-20(17)25-16(27)11-31-22-24-9-10-26(22)15-8-6-7-12(2)13(15)3/h6-10H,5,11H2,1-4H3,(H2,23,28)(H,25,27). The van der Waals surface area contributed by atoms with Crippen LogP contribution in [0.5, 0.6) is 0 Å². The number of thiophene rings is 1. The van der Waals surface area contributed by atoms with Crippen LogP contribution in [-0.2, 0) is 9.53 Å². The number of primary amides is 1. The zero-order valence-corrected chi connectivity index (χ0v) is 19.9. The van der Waals surface area contributed by atoms with Gasteiger partial charge in [-0.05, 0) is 50.5 Å². The molecule has 0 aliphatic carbocycles. The molecule has 2 aromatic heterocycles. The summed E-state index contributed by atoms with van der Waals surface area (Å²) in [5.41, 5.74) is 9.25. The summed E-state index contributed by atoms with van der Waals surface area (Å²) in [6.45, 7) is 7.54. The van der Waals surface area contributed by atoms with Crippen LogP contribution < -0.4 is 11.1 Å². The average Bonchev–Trinajstić information content (AvgIpc) is 3.33. The van der Waals surface area contributed by atoms with Gasteiger partial charge in [0.15, 0.2) is 5.16 Å². The lowest BCUT2D eigenvalue weighted by Gasteiger charge is -2.12. The maximum absolute atomic E-state index is 12.7. The van der Waals surface area contributed by atoms with Crippen LogP contribution in [0.1, 0.15) is 43.6 Å². The lowest BCUT2D eigenvalue weighted by molar-refractivity contribution is -0.113. The van der Waals surface area contributed by atoms with E-state index >= 15 is 0 Å². The van der Waals surface area contributed by atoms with Gasteiger partial charge in [0.2, 0.25) is 5.91 Å². The number of carbonyl (C=O) groups is 3. The Bertz CT molecular complexity index is 1180. The molecule has 0 saturated carbocycles. The van der Waals surface area contributed by atoms with Crippen LogP contribution >= 0.6 is 23.1 Å². The first-order valence-electron chi connectivity index (χ1n) is 9.87. The van der Waals surface area contributed by atoms with Crippen molar-refractivity contribution in [1.29, 1.82) is 0 Å². The summed E-state index contributed by atoms with van der Waals surface area (Å²) in [6, 6.07) is 6.02. The van der Waals surface area contributed by atoms with Gasteiger partial charge in [-0.2, -0.15) is 0 Å². The lowest BCUT2D eigenvalue weighted by Crippen LogP contribution is -2.17. The summed E-state index contributed by atoms with van der Waals surface area (Å²) in [5.74, 6) is -1.55. The SMILES string of the molecule is CCOC(=O)c1c(NC(=O)CSc2nccn2-c2cccc(C)c2C)sc(C(N)=O)c1C. The van der Waals surface area contributed by atoms with E-state index in [0.29, 0.717) is 10.7 Å². The zero-order chi connectivity index (χ0) is 23.4. The molecule has 1 aromatic carbocycles. The van der Waals surface area contributed by atoms with Crippen molar-refractivity contribution in [2.75, 3.05) is 17.7 Å². The van der Waals surface area contributed by atoms with Gasteiger partial charge in [-0.15, -0.1) is 11.3 Å². The van der Waals surface area contributed by atoms with Crippen molar-refractivity contribution in [2.24, 2.45) is 5.73 Å². The van der Waals surface area contributed by atoms with Crippen LogP contribution in [0.15, 0.2) is 35.7 Å². The summed E-state index contributed by atoms with van der Waals surface area (Å²) in [5, 5.41) is 3.64. The number of hydrogen-bond donors (Lipinski definition) is 2. The summed E-state index contributed by atoms with van der Waals surface area (Å²) in [6.07, 6.45) is 3.53. The Morgan fingerprint density at radius 2 is 1.97 bits per heavy atom. The van der Waals surface area contributed by atoms with Gasteiger partial charge in [0, 0.05) is 12.4 Å². The number of ether oxygens (including phenoxy) is 1. The molecule has 2 amide bonds. The molecule has 10 heteroatoms. The molecule has 8 nitrogen and oxygen atoms in total. The number of hydrogen-bond acceptors (Lipinski definition) is 7. The Hall–Kier alpha value is -3.11. The quantitative estimate of drug-likeness (QED) is 0.380. The monoisotopic (exact) mass is 472 g/mol. The summed E-state index contributed by atoms with van der Waals surface area (Å²) in [4.78, 5) is 41.3. The van der Waals surface area contributed by atoms with Crippen LogP contribution in [-0.4, -0.2) is 39.7 Å². The Kier molecular flexibility index (Phi) is 7.37. The molecule has 0 bridgehead atoms. The van der Waals surface area contributed by atoms with E-state index in [0.717, 1.165) is 28.2 Å². The molecule has 2 heterocycles. The topological polar surface area (TPSA) is 116 Å². The van der Waals surface area contributed by atoms with Crippen molar-refractivity contribution in [2.45, 2.75) is 32.9 Å². The van der Waals surface area contributed by atoms with Crippen molar-refractivity contribution in [3.63, 3.8) is 0 Å². The second kappa shape index (κ2) is 10.0. The molecule has 0 aliphatic heterocycles. The number of anilines is 1. The molecule has 168 valence electrons. The van der Waals surface area contributed by atoms with E-state index in [-0.39, 0.29) is 33.7 Å². The van der Waals surface area contributed by atoms with Crippen molar-refractivity contribution in [1.82, 2.24) is 9.55 Å². The molecule has 0 radical (unpaired) electrons. The number of imidazole rings is 1. The molecule has 3 aromatic rings. The number of nitrogens with one attached hydrogen (secondary N) is 1. The molecular formula is C22H24N4O4S2. The third kappa shape index (κ3) is 4.86. The Labute approximate surface area is 194 Å². The molecule has 3 rings (SSSR count). The van der Waals surface area contributed by atoms with Crippen molar-refractivity contribution in [3.8, 4) is 5.69 Å². The Morgan fingerprint density at radius 1 is 1.22 bits per heavy atom. The van der Waals surface area contributed by atoms with E-state index in [1.807, 2.05) is 42.8 Å². The molecule has 0 unspecified atom stereocenters. The van der Waals surface area contributed by atoms with E-state index in [1.165, 1.54) is 11.8 Å². The summed E-state index contributed by atoms with van der Waals surface area (Å²) in [7, 11) is 0. The molecule has 0 atom stereocenters. The fraction of sp³-hybridized carbons (Fsp3) is 0.273. The largest absolute Gasteiger partial charge is 0.462 e. The minimum Gasteiger partial charge on any atom is -0.462 e. The predicted molar refractivity (Wildman–Crippen MR) is 126 cm³/mol. The summed E-state index contributed by atoms with van der Waals surface area (Å²) >= 11 is 2.24. The van der Waals surface area contributed by atoms with Crippen LogP contribution in [0.3, 0.4) is 0 Å². The van der Waals surface area contributed by atoms with Gasteiger partial charge in [0.05, 0.1) is 28.5 Å². The average molecular weight is 473 g/mol. The number of amides is 2. The third-order valence-electron chi connectivity index (χ3n) is 4.88. The normalized spacial score (nSPS) is 10.8. The molecule has 0 aliphatic rings. The van der Waals surface area contributed by atoms with E-state index in [4.69, 9.17) is 10.5 Å². The maximum atomic E-state index is 12.7. The third-order valence-corrected chi connectivity index (χ3v) is 7.07. The highest BCUT2D eigenvalue weighted by Crippen LogP contribution is 2.34. The van der Waals surface area contributed by atoms with Gasteiger partial charge < -0.3 is 15.8 Å². The second-order valence-electron chi connectivity index (χ2n) is 6.98. The van der Waals surface area contributed by atoms with E-state index in [2.05, 4.69) is 10.3 Å². The first-order chi connectivity index (χ1) is 15.2. The first kappa shape index (κ1) is 23.6. The second-order valence-corrected chi connectivity index (χ2v) is 8.94. The lowest BCUT2D eigenvalue weighted by atomic mass is 10.1. The van der Waals surface area contributed by atoms with Crippen LogP contribution in [0, 0.1) is 20.8 Å². The Balaban J connectivity index is 1.78. The van der Waals surface area contributed by atoms with Crippen molar-refractivity contribution < 1.29 is 19.1 Å². The molecular weight excluding hydrogens is 448 g/mol. The minimum absolute atomic E-state index is 0.0625. The Morgan fingerprint density at radius 3 is 2.66 bits per heavy atom. The van der Waals surface area contributed by atoms with Crippen molar-refractivity contribution in [3.05, 3.63) is 57.7 Å². The van der Waals surface area contributed by atoms with Gasteiger partial charge in [-0.3, -0.25) is 14.2 Å².